The Morgan fingerprint density at radius 3 is 1.60 bits per heavy atom. The summed E-state index contributed by atoms with van der Waals surface area (Å²) in [5, 5.41) is 0. The molecule has 0 atom stereocenters. The second kappa shape index (κ2) is 7.93. The summed E-state index contributed by atoms with van der Waals surface area (Å²) in [5.41, 5.74) is 6.23. The molecule has 0 spiro atoms. The number of rotatable bonds is 3. The van der Waals surface area contributed by atoms with Gasteiger partial charge in [-0.25, -0.2) is 0 Å². The maximum absolute atomic E-state index is 5.12. The molecule has 3 rings (SSSR count). The minimum atomic E-state index is -0.557. The molecule has 0 saturated heterocycles. The Morgan fingerprint density at radius 2 is 1.16 bits per heavy atom. The molecule has 0 aliphatic carbocycles. The molecule has 0 aliphatic rings. The molecule has 0 amide bonds. The first kappa shape index (κ1) is 17.8. The zero-order valence-electron chi connectivity index (χ0n) is 14.9. The van der Waals surface area contributed by atoms with Crippen molar-refractivity contribution in [2.24, 2.45) is 8.91 Å². The molecule has 0 bridgehead atoms. The van der Waals surface area contributed by atoms with Crippen molar-refractivity contribution in [1.29, 1.82) is 0 Å². The molecule has 0 fully saturated rings. The standard InChI is InChI=1S/C18H13N.C5H10.Mo/c19-18-16(14-8-3-1-4-9-14)12-7-13-17(18)15-10-5-2-6-11-15;1-5(2,3)4;/h1-13H;1H,2-4H3;. The summed E-state index contributed by atoms with van der Waals surface area (Å²) in [5.74, 6) is 0. The third-order valence-corrected chi connectivity index (χ3v) is 6.46. The number of hydrogen-bond acceptors (Lipinski definition) is 1. The summed E-state index contributed by atoms with van der Waals surface area (Å²) < 4.78 is 7.52. The molecular formula is C23H23MoN. The topological polar surface area (TPSA) is 12.4 Å². The zero-order valence-corrected chi connectivity index (χ0v) is 16.9. The van der Waals surface area contributed by atoms with Crippen molar-refractivity contribution in [1.82, 2.24) is 0 Å². The van der Waals surface area contributed by atoms with Crippen LogP contribution < -0.4 is 0 Å². The Hall–Kier alpha value is -1.98. The van der Waals surface area contributed by atoms with E-state index < -0.39 is 17.9 Å². The third kappa shape index (κ3) is 4.77. The fourth-order valence-corrected chi connectivity index (χ4v) is 4.23. The van der Waals surface area contributed by atoms with Crippen molar-refractivity contribution < 1.29 is 17.9 Å². The first-order chi connectivity index (χ1) is 12.0. The van der Waals surface area contributed by atoms with E-state index in [1.807, 2.05) is 0 Å². The van der Waals surface area contributed by atoms with Gasteiger partial charge in [-0.05, 0) is 0 Å². The Labute approximate surface area is 158 Å². The van der Waals surface area contributed by atoms with Crippen LogP contribution in [0.3, 0.4) is 0 Å². The average molecular weight is 409 g/mol. The van der Waals surface area contributed by atoms with Crippen LogP contribution in [-0.4, -0.2) is 4.40 Å². The predicted octanol–water partition coefficient (Wildman–Crippen LogP) is 6.77. The molecule has 1 nitrogen and oxygen atoms in total. The van der Waals surface area contributed by atoms with E-state index in [2.05, 4.69) is 104 Å². The van der Waals surface area contributed by atoms with E-state index in [1.54, 1.807) is 0 Å². The van der Waals surface area contributed by atoms with Gasteiger partial charge in [0.1, 0.15) is 0 Å². The van der Waals surface area contributed by atoms with E-state index in [9.17, 15) is 0 Å². The van der Waals surface area contributed by atoms with E-state index in [1.165, 1.54) is 22.3 Å². The predicted molar refractivity (Wildman–Crippen MR) is 105 cm³/mol. The van der Waals surface area contributed by atoms with E-state index in [-0.39, 0.29) is 5.41 Å². The van der Waals surface area contributed by atoms with Crippen molar-refractivity contribution in [2.75, 3.05) is 0 Å². The summed E-state index contributed by atoms with van der Waals surface area (Å²) in [6, 6.07) is 27.6. The molecule has 25 heavy (non-hydrogen) atoms. The van der Waals surface area contributed by atoms with Gasteiger partial charge in [-0.2, -0.15) is 0 Å². The van der Waals surface area contributed by atoms with Crippen LogP contribution in [0.5, 0.6) is 0 Å². The molecule has 0 unspecified atom stereocenters. The summed E-state index contributed by atoms with van der Waals surface area (Å²) in [6.45, 7) is 6.73. The van der Waals surface area contributed by atoms with Crippen LogP contribution in [-0.2, 0) is 17.9 Å². The van der Waals surface area contributed by atoms with Gasteiger partial charge in [0, 0.05) is 0 Å². The van der Waals surface area contributed by atoms with Crippen LogP contribution in [0.1, 0.15) is 20.8 Å². The zero-order chi connectivity index (χ0) is 17.7. The van der Waals surface area contributed by atoms with Crippen molar-refractivity contribution in [2.45, 2.75) is 20.8 Å². The van der Waals surface area contributed by atoms with Gasteiger partial charge in [-0.3, -0.25) is 0 Å². The summed E-state index contributed by atoms with van der Waals surface area (Å²) >= 11 is -0.557. The second-order valence-corrected chi connectivity index (χ2v) is 8.66. The van der Waals surface area contributed by atoms with Gasteiger partial charge in [0.2, 0.25) is 0 Å². The molecule has 3 aromatic carbocycles. The molecule has 0 heterocycles. The maximum atomic E-state index is 5.12. The molecule has 0 radical (unpaired) electrons. The minimum absolute atomic E-state index is 0.223. The Bertz CT molecular complexity index is 842. The molecule has 0 aromatic heterocycles. The van der Waals surface area contributed by atoms with Gasteiger partial charge in [-0.1, -0.05) is 0 Å². The van der Waals surface area contributed by atoms with Crippen molar-refractivity contribution in [3.8, 4) is 22.3 Å². The second-order valence-electron chi connectivity index (χ2n) is 7.11. The number of nitrogens with zero attached hydrogens (tertiary/aromatic N) is 1. The van der Waals surface area contributed by atoms with Crippen LogP contribution in [0.15, 0.2) is 82.4 Å². The normalized spacial score (nSPS) is 11.0. The van der Waals surface area contributed by atoms with E-state index in [4.69, 9.17) is 3.50 Å². The Balaban J connectivity index is 2.21. The molecule has 0 aliphatic heterocycles. The van der Waals surface area contributed by atoms with Gasteiger partial charge < -0.3 is 0 Å². The number of benzene rings is 3. The Kier molecular flexibility index (Phi) is 5.66. The fraction of sp³-hybridized carbons (Fsp3) is 0.174. The van der Waals surface area contributed by atoms with Crippen LogP contribution in [0, 0.1) is 5.41 Å². The van der Waals surface area contributed by atoms with Crippen LogP contribution in [0.2, 0.25) is 0 Å². The quantitative estimate of drug-likeness (QED) is 0.424. The van der Waals surface area contributed by atoms with Gasteiger partial charge in [0.25, 0.3) is 0 Å². The molecule has 126 valence electrons. The van der Waals surface area contributed by atoms with Gasteiger partial charge in [-0.15, -0.1) is 0 Å². The van der Waals surface area contributed by atoms with Crippen molar-refractivity contribution in [3.05, 3.63) is 78.9 Å². The van der Waals surface area contributed by atoms with Crippen LogP contribution >= 0.6 is 0 Å². The van der Waals surface area contributed by atoms with Gasteiger partial charge in [0.05, 0.1) is 0 Å². The van der Waals surface area contributed by atoms with Gasteiger partial charge >= 0.3 is 159 Å². The van der Waals surface area contributed by atoms with Crippen molar-refractivity contribution in [3.63, 3.8) is 0 Å². The van der Waals surface area contributed by atoms with Crippen LogP contribution in [0.4, 0.5) is 5.69 Å². The van der Waals surface area contributed by atoms with Gasteiger partial charge in [0.15, 0.2) is 0 Å². The summed E-state index contributed by atoms with van der Waals surface area (Å²) in [7, 11) is 0. The van der Waals surface area contributed by atoms with E-state index >= 15 is 0 Å². The molecule has 0 N–H and O–H groups in total. The summed E-state index contributed by atoms with van der Waals surface area (Å²) in [6.07, 6.45) is 0. The summed E-state index contributed by atoms with van der Waals surface area (Å²) in [4.78, 5) is 0. The van der Waals surface area contributed by atoms with E-state index in [0.717, 1.165) is 5.69 Å². The van der Waals surface area contributed by atoms with Crippen molar-refractivity contribution >= 4 is 10.1 Å². The Morgan fingerprint density at radius 1 is 0.680 bits per heavy atom. The first-order valence-electron chi connectivity index (χ1n) is 8.50. The number of hydrogen-bond donors (Lipinski definition) is 0. The molecule has 2 heteroatoms. The molecular weight excluding hydrogens is 386 g/mol. The van der Waals surface area contributed by atoms with E-state index in [0.29, 0.717) is 0 Å². The molecule has 3 aromatic rings. The monoisotopic (exact) mass is 411 g/mol. The molecule has 0 saturated carbocycles. The SMILES string of the molecule is CC(C)(C)[CH]=[Mo]=[N]c1c(-c2ccccc2)cccc1-c1ccccc1. The first-order valence-corrected chi connectivity index (χ1v) is 10.6. The fourth-order valence-electron chi connectivity index (χ4n) is 2.58. The van der Waals surface area contributed by atoms with Crippen LogP contribution in [0.25, 0.3) is 22.3 Å². The third-order valence-electron chi connectivity index (χ3n) is 3.76. The average Bonchev–Trinajstić information content (AvgIpc) is 2.62.